The highest BCUT2D eigenvalue weighted by Gasteiger charge is 2.34. The molecule has 0 radical (unpaired) electrons. The largest absolute Gasteiger partial charge is 0.475 e. The summed E-state index contributed by atoms with van der Waals surface area (Å²) in [6.07, 6.45) is 4.11. The Labute approximate surface area is 218 Å². The van der Waals surface area contributed by atoms with Gasteiger partial charge < -0.3 is 20.1 Å². The molecule has 2 fully saturated rings. The van der Waals surface area contributed by atoms with Gasteiger partial charge in [-0.3, -0.25) is 4.98 Å². The van der Waals surface area contributed by atoms with Crippen LogP contribution >= 0.6 is 11.6 Å². The minimum absolute atomic E-state index is 0.0515. The molecule has 1 aliphatic heterocycles. The lowest BCUT2D eigenvalue weighted by Crippen LogP contribution is -2.38. The molecular formula is C25H30ClF3N6O2. The molecule has 37 heavy (non-hydrogen) atoms. The van der Waals surface area contributed by atoms with E-state index < -0.39 is 18.0 Å². The molecular weight excluding hydrogens is 509 g/mol. The van der Waals surface area contributed by atoms with E-state index in [1.807, 2.05) is 0 Å². The molecule has 2 aliphatic rings. The minimum Gasteiger partial charge on any atom is -0.475 e. The van der Waals surface area contributed by atoms with Crippen LogP contribution in [0.1, 0.15) is 44.9 Å². The molecule has 8 nitrogen and oxygen atoms in total. The van der Waals surface area contributed by atoms with Gasteiger partial charge in [0.2, 0.25) is 5.88 Å². The summed E-state index contributed by atoms with van der Waals surface area (Å²) in [7, 11) is 0. The topological polar surface area (TPSA) is 105 Å². The van der Waals surface area contributed by atoms with Crippen LogP contribution in [0.2, 0.25) is 5.02 Å². The van der Waals surface area contributed by atoms with Crippen molar-refractivity contribution in [2.75, 3.05) is 31.7 Å². The molecule has 200 valence electrons. The number of nitrogens with one attached hydrogen (secondary N) is 2. The maximum Gasteiger partial charge on any atom is 0.390 e. The number of halogens is 4. The van der Waals surface area contributed by atoms with E-state index in [-0.39, 0.29) is 25.2 Å². The number of alkyl halides is 3. The highest BCUT2D eigenvalue weighted by molar-refractivity contribution is 6.33. The van der Waals surface area contributed by atoms with Gasteiger partial charge in [0, 0.05) is 43.6 Å². The summed E-state index contributed by atoms with van der Waals surface area (Å²) in [4.78, 5) is 13.2. The maximum absolute atomic E-state index is 12.4. The monoisotopic (exact) mass is 538 g/mol. The number of hydrogen-bond acceptors (Lipinski definition) is 8. The van der Waals surface area contributed by atoms with E-state index in [4.69, 9.17) is 21.1 Å². The number of nitriles is 1. The Balaban J connectivity index is 1.34. The highest BCUT2D eigenvalue weighted by Crippen LogP contribution is 2.32. The van der Waals surface area contributed by atoms with Gasteiger partial charge in [0.25, 0.3) is 0 Å². The number of nitrogens with zero attached hydrogens (tertiary/aromatic N) is 4. The Kier molecular flexibility index (Phi) is 9.05. The lowest BCUT2D eigenvalue weighted by molar-refractivity contribution is -0.133. The van der Waals surface area contributed by atoms with Crippen molar-refractivity contribution in [2.45, 2.75) is 63.2 Å². The molecule has 3 heterocycles. The van der Waals surface area contributed by atoms with Crippen LogP contribution in [0.5, 0.6) is 5.88 Å². The van der Waals surface area contributed by atoms with Crippen LogP contribution in [-0.2, 0) is 4.74 Å². The molecule has 2 aromatic rings. The van der Waals surface area contributed by atoms with Crippen LogP contribution in [0, 0.1) is 16.7 Å². The summed E-state index contributed by atoms with van der Waals surface area (Å²) in [5.41, 5.74) is 0.554. The van der Waals surface area contributed by atoms with Crippen LogP contribution < -0.4 is 15.4 Å². The number of ether oxygens (including phenoxy) is 2. The first-order valence-electron chi connectivity index (χ1n) is 12.4. The van der Waals surface area contributed by atoms with E-state index >= 15 is 0 Å². The normalized spacial score (nSPS) is 21.7. The van der Waals surface area contributed by atoms with Gasteiger partial charge in [-0.2, -0.15) is 18.4 Å². The van der Waals surface area contributed by atoms with Gasteiger partial charge in [-0.05, 0) is 44.6 Å². The average molecular weight is 539 g/mol. The Hall–Kier alpha value is -2.68. The first-order valence-corrected chi connectivity index (χ1v) is 12.8. The van der Waals surface area contributed by atoms with E-state index in [2.05, 4.69) is 31.7 Å². The second kappa shape index (κ2) is 12.2. The molecule has 0 spiro atoms. The van der Waals surface area contributed by atoms with Crippen molar-refractivity contribution < 1.29 is 22.6 Å². The lowest BCUT2D eigenvalue weighted by atomic mass is 9.83. The number of aromatic nitrogens is 3. The summed E-state index contributed by atoms with van der Waals surface area (Å²) < 4.78 is 48.3. The van der Waals surface area contributed by atoms with E-state index in [9.17, 15) is 18.4 Å². The summed E-state index contributed by atoms with van der Waals surface area (Å²) in [5.74, 6) is 0.934. The van der Waals surface area contributed by atoms with Crippen LogP contribution in [0.4, 0.5) is 19.0 Å². The molecule has 1 saturated heterocycles. The van der Waals surface area contributed by atoms with Crippen LogP contribution in [-0.4, -0.2) is 59.6 Å². The van der Waals surface area contributed by atoms with E-state index in [1.54, 1.807) is 18.5 Å². The smallest absolute Gasteiger partial charge is 0.390 e. The van der Waals surface area contributed by atoms with Gasteiger partial charge in [0.1, 0.15) is 12.4 Å². The molecule has 4 rings (SSSR count). The fraction of sp³-hybridized carbons (Fsp3) is 0.600. The molecule has 0 unspecified atom stereocenters. The van der Waals surface area contributed by atoms with E-state index in [1.165, 1.54) is 6.20 Å². The minimum atomic E-state index is -4.14. The molecule has 12 heteroatoms. The zero-order valence-electron chi connectivity index (χ0n) is 20.4. The van der Waals surface area contributed by atoms with E-state index in [0.29, 0.717) is 54.0 Å². The maximum atomic E-state index is 12.4. The highest BCUT2D eigenvalue weighted by atomic mass is 35.5. The zero-order valence-corrected chi connectivity index (χ0v) is 21.1. The summed E-state index contributed by atoms with van der Waals surface area (Å²) >= 11 is 6.42. The number of pyridine rings is 1. The van der Waals surface area contributed by atoms with Crippen molar-refractivity contribution in [3.63, 3.8) is 0 Å². The second-order valence-corrected chi connectivity index (χ2v) is 10.0. The number of rotatable bonds is 9. The van der Waals surface area contributed by atoms with Crippen LogP contribution in [0.3, 0.4) is 0 Å². The third-order valence-electron chi connectivity index (χ3n) is 6.85. The Morgan fingerprint density at radius 2 is 1.86 bits per heavy atom. The molecule has 2 N–H and O–H groups in total. The third-order valence-corrected chi connectivity index (χ3v) is 7.15. The lowest BCUT2D eigenvalue weighted by Gasteiger charge is -2.30. The van der Waals surface area contributed by atoms with Crippen molar-refractivity contribution in [1.29, 1.82) is 5.26 Å². The van der Waals surface area contributed by atoms with Crippen molar-refractivity contribution in [2.24, 2.45) is 5.41 Å². The molecule has 2 aromatic heterocycles. The van der Waals surface area contributed by atoms with Crippen molar-refractivity contribution in [1.82, 2.24) is 20.3 Å². The fourth-order valence-electron chi connectivity index (χ4n) is 4.59. The molecule has 1 saturated carbocycles. The molecule has 0 amide bonds. The Bertz CT molecular complexity index is 1080. The summed E-state index contributed by atoms with van der Waals surface area (Å²) in [6, 6.07) is 4.42. The number of hydrogen-bond donors (Lipinski definition) is 2. The number of anilines is 1. The fourth-order valence-corrected chi connectivity index (χ4v) is 4.79. The van der Waals surface area contributed by atoms with Crippen molar-refractivity contribution in [3.8, 4) is 23.2 Å². The predicted octanol–water partition coefficient (Wildman–Crippen LogP) is 5.16. The predicted molar refractivity (Wildman–Crippen MR) is 132 cm³/mol. The first-order chi connectivity index (χ1) is 17.8. The Morgan fingerprint density at radius 1 is 1.14 bits per heavy atom. The van der Waals surface area contributed by atoms with Crippen molar-refractivity contribution >= 4 is 17.4 Å². The average Bonchev–Trinajstić information content (AvgIpc) is 2.90. The first kappa shape index (κ1) is 27.4. The standard InChI is InChI=1S/C25H30ClF3N6O2/c26-20-12-33-22(34-18-3-1-17(2-4-18)32-8-5-25(27,28)29)11-19(20)21-13-31-14-23(35-21)37-16-24(15-30)6-9-36-10-7-24/h11-14,17-18,32H,1-10,16H2,(H,33,34). The second-order valence-electron chi connectivity index (χ2n) is 9.60. The van der Waals surface area contributed by atoms with Gasteiger partial charge >= 0.3 is 6.18 Å². The van der Waals surface area contributed by atoms with Gasteiger partial charge in [0.05, 0.1) is 41.0 Å². The molecule has 0 aromatic carbocycles. The van der Waals surface area contributed by atoms with Gasteiger partial charge in [-0.1, -0.05) is 11.6 Å². The van der Waals surface area contributed by atoms with Crippen LogP contribution in [0.15, 0.2) is 24.7 Å². The van der Waals surface area contributed by atoms with Gasteiger partial charge in [-0.15, -0.1) is 0 Å². The zero-order chi connectivity index (χ0) is 26.3. The van der Waals surface area contributed by atoms with Crippen molar-refractivity contribution in [3.05, 3.63) is 29.7 Å². The van der Waals surface area contributed by atoms with Gasteiger partial charge in [0.15, 0.2) is 0 Å². The Morgan fingerprint density at radius 3 is 2.57 bits per heavy atom. The molecule has 0 bridgehead atoms. The van der Waals surface area contributed by atoms with E-state index in [0.717, 1.165) is 25.7 Å². The van der Waals surface area contributed by atoms with Crippen LogP contribution in [0.25, 0.3) is 11.3 Å². The quantitative estimate of drug-likeness (QED) is 0.451. The third kappa shape index (κ3) is 7.90. The van der Waals surface area contributed by atoms with Gasteiger partial charge in [-0.25, -0.2) is 9.97 Å². The molecule has 0 atom stereocenters. The summed E-state index contributed by atoms with van der Waals surface area (Å²) in [5, 5.41) is 16.5. The SMILES string of the molecule is N#CC1(COc2cncc(-c3cc(NC4CCC(NCCC(F)(F)F)CC4)ncc3Cl)n2)CCOCC1. The summed E-state index contributed by atoms with van der Waals surface area (Å²) in [6.45, 7) is 1.21. The molecule has 1 aliphatic carbocycles.